The van der Waals surface area contributed by atoms with E-state index in [1.165, 1.54) is 6.33 Å². The molecule has 0 saturated heterocycles. The molecule has 0 aliphatic rings. The van der Waals surface area contributed by atoms with E-state index in [0.717, 1.165) is 17.0 Å². The Balaban J connectivity index is 1.73. The van der Waals surface area contributed by atoms with Crippen LogP contribution in [0.1, 0.15) is 27.5 Å². The van der Waals surface area contributed by atoms with Crippen molar-refractivity contribution in [3.8, 4) is 11.3 Å². The third kappa shape index (κ3) is 3.26. The lowest BCUT2D eigenvalue weighted by Gasteiger charge is -2.06. The predicted octanol–water partition coefficient (Wildman–Crippen LogP) is 2.68. The minimum absolute atomic E-state index is 0.221. The molecule has 23 heavy (non-hydrogen) atoms. The molecule has 0 radical (unpaired) electrons. The Morgan fingerprint density at radius 3 is 2.65 bits per heavy atom. The second kappa shape index (κ2) is 6.39. The number of carbonyl (C=O) groups is 1. The van der Waals surface area contributed by atoms with Gasteiger partial charge in [-0.25, -0.2) is 9.97 Å². The van der Waals surface area contributed by atoms with Crippen LogP contribution in [0.4, 0.5) is 0 Å². The summed E-state index contributed by atoms with van der Waals surface area (Å²) in [6, 6.07) is 11.7. The zero-order chi connectivity index (χ0) is 16.2. The highest BCUT2D eigenvalue weighted by atomic mass is 16.5. The summed E-state index contributed by atoms with van der Waals surface area (Å²) in [6.45, 7) is 3.77. The summed E-state index contributed by atoms with van der Waals surface area (Å²) in [6.07, 6.45) is 1.50. The van der Waals surface area contributed by atoms with Gasteiger partial charge in [0, 0.05) is 5.56 Å². The lowest BCUT2D eigenvalue weighted by molar-refractivity contribution is 0.0948. The van der Waals surface area contributed by atoms with Crippen molar-refractivity contribution < 1.29 is 9.32 Å². The molecule has 1 amide bonds. The molecule has 0 aliphatic carbocycles. The first-order chi connectivity index (χ1) is 11.1. The third-order valence-electron chi connectivity index (χ3n) is 3.48. The largest absolute Gasteiger partial charge is 0.361 e. The average molecular weight is 308 g/mol. The minimum atomic E-state index is -0.221. The summed E-state index contributed by atoms with van der Waals surface area (Å²) in [5, 5.41) is 6.62. The number of hydrogen-bond donors (Lipinski definition) is 1. The molecule has 0 spiro atoms. The molecule has 0 atom stereocenters. The van der Waals surface area contributed by atoms with Crippen LogP contribution in [-0.4, -0.2) is 21.0 Å². The van der Waals surface area contributed by atoms with Crippen molar-refractivity contribution in [2.75, 3.05) is 0 Å². The molecule has 1 N–H and O–H groups in total. The number of aromatic nitrogens is 3. The first-order valence-electron chi connectivity index (χ1n) is 7.22. The molecule has 3 rings (SSSR count). The molecule has 3 aromatic rings. The van der Waals surface area contributed by atoms with Crippen LogP contribution >= 0.6 is 0 Å². The van der Waals surface area contributed by atoms with E-state index < -0.39 is 0 Å². The van der Waals surface area contributed by atoms with Crippen LogP contribution in [0.3, 0.4) is 0 Å². The molecular weight excluding hydrogens is 292 g/mol. The Morgan fingerprint density at radius 2 is 1.96 bits per heavy atom. The maximum atomic E-state index is 12.2. The maximum Gasteiger partial charge on any atom is 0.257 e. The van der Waals surface area contributed by atoms with E-state index >= 15 is 0 Å². The van der Waals surface area contributed by atoms with Crippen molar-refractivity contribution in [3.63, 3.8) is 0 Å². The number of carbonyl (C=O) groups excluding carboxylic acids is 1. The van der Waals surface area contributed by atoms with Crippen LogP contribution in [0.2, 0.25) is 0 Å². The van der Waals surface area contributed by atoms with Gasteiger partial charge in [0.15, 0.2) is 0 Å². The Labute approximate surface area is 133 Å². The summed E-state index contributed by atoms with van der Waals surface area (Å²) in [5.41, 5.74) is 3.62. The molecular formula is C17H16N4O2. The molecule has 0 unspecified atom stereocenters. The lowest BCUT2D eigenvalue weighted by Crippen LogP contribution is -2.24. The molecule has 2 aromatic heterocycles. The van der Waals surface area contributed by atoms with Crippen LogP contribution in [0.15, 0.2) is 47.2 Å². The summed E-state index contributed by atoms with van der Waals surface area (Å²) in [5.74, 6) is 0.286. The van der Waals surface area contributed by atoms with Crippen LogP contribution < -0.4 is 5.32 Å². The van der Waals surface area contributed by atoms with Gasteiger partial charge in [-0.1, -0.05) is 35.5 Å². The Morgan fingerprint density at radius 1 is 1.17 bits per heavy atom. The van der Waals surface area contributed by atoms with Crippen molar-refractivity contribution in [2.45, 2.75) is 20.4 Å². The number of amides is 1. The molecule has 0 saturated carbocycles. The fraction of sp³-hybridized carbons (Fsp3) is 0.176. The second-order valence-corrected chi connectivity index (χ2v) is 5.14. The highest BCUT2D eigenvalue weighted by Crippen LogP contribution is 2.16. The fourth-order valence-corrected chi connectivity index (χ4v) is 2.33. The summed E-state index contributed by atoms with van der Waals surface area (Å²) < 4.78 is 5.01. The summed E-state index contributed by atoms with van der Waals surface area (Å²) in [4.78, 5) is 20.7. The Bertz CT molecular complexity index is 808. The molecule has 2 heterocycles. The summed E-state index contributed by atoms with van der Waals surface area (Å²) in [7, 11) is 0. The topological polar surface area (TPSA) is 80.9 Å². The molecule has 116 valence electrons. The molecule has 0 bridgehead atoms. The maximum absolute atomic E-state index is 12.2. The number of rotatable bonds is 4. The van der Waals surface area contributed by atoms with E-state index in [1.807, 2.05) is 36.4 Å². The molecule has 1 aromatic carbocycles. The van der Waals surface area contributed by atoms with Gasteiger partial charge in [-0.2, -0.15) is 0 Å². The third-order valence-corrected chi connectivity index (χ3v) is 3.48. The standard InChI is InChI=1S/C17H16N4O2/c1-11-16(12(2)23-21-11)17(22)18-9-14-8-15(20-10-19-14)13-6-4-3-5-7-13/h3-8,10H,9H2,1-2H3,(H,18,22). The van der Waals surface area contributed by atoms with Crippen LogP contribution in [0.25, 0.3) is 11.3 Å². The zero-order valence-corrected chi connectivity index (χ0v) is 12.9. The van der Waals surface area contributed by atoms with E-state index in [0.29, 0.717) is 23.6 Å². The highest BCUT2D eigenvalue weighted by Gasteiger charge is 2.17. The monoisotopic (exact) mass is 308 g/mol. The molecule has 6 nitrogen and oxygen atoms in total. The quantitative estimate of drug-likeness (QED) is 0.801. The van der Waals surface area contributed by atoms with E-state index in [9.17, 15) is 4.79 Å². The van der Waals surface area contributed by atoms with Gasteiger partial charge in [0.05, 0.1) is 23.6 Å². The van der Waals surface area contributed by atoms with Gasteiger partial charge in [-0.05, 0) is 19.9 Å². The average Bonchev–Trinajstić information content (AvgIpc) is 2.92. The van der Waals surface area contributed by atoms with Gasteiger partial charge < -0.3 is 9.84 Å². The first-order valence-corrected chi connectivity index (χ1v) is 7.22. The lowest BCUT2D eigenvalue weighted by atomic mass is 10.1. The SMILES string of the molecule is Cc1noc(C)c1C(=O)NCc1cc(-c2ccccc2)ncn1. The van der Waals surface area contributed by atoms with Gasteiger partial charge in [-0.3, -0.25) is 4.79 Å². The van der Waals surface area contributed by atoms with Crippen molar-refractivity contribution in [1.29, 1.82) is 0 Å². The van der Waals surface area contributed by atoms with Gasteiger partial charge in [0.25, 0.3) is 5.91 Å². The van der Waals surface area contributed by atoms with Gasteiger partial charge in [-0.15, -0.1) is 0 Å². The Kier molecular flexibility index (Phi) is 4.14. The predicted molar refractivity (Wildman–Crippen MR) is 84.6 cm³/mol. The normalized spacial score (nSPS) is 10.5. The first kappa shape index (κ1) is 14.9. The smallest absolute Gasteiger partial charge is 0.257 e. The number of aryl methyl sites for hydroxylation is 2. The number of nitrogens with zero attached hydrogens (tertiary/aromatic N) is 3. The fourth-order valence-electron chi connectivity index (χ4n) is 2.33. The molecule has 0 aliphatic heterocycles. The highest BCUT2D eigenvalue weighted by molar-refractivity contribution is 5.95. The van der Waals surface area contributed by atoms with Gasteiger partial charge >= 0.3 is 0 Å². The van der Waals surface area contributed by atoms with Gasteiger partial charge in [0.2, 0.25) is 0 Å². The minimum Gasteiger partial charge on any atom is -0.361 e. The summed E-state index contributed by atoms with van der Waals surface area (Å²) >= 11 is 0. The molecule has 0 fully saturated rings. The van der Waals surface area contributed by atoms with Crippen molar-refractivity contribution in [3.05, 3.63) is 65.4 Å². The van der Waals surface area contributed by atoms with E-state index in [1.54, 1.807) is 13.8 Å². The van der Waals surface area contributed by atoms with Crippen molar-refractivity contribution in [1.82, 2.24) is 20.4 Å². The molecule has 6 heteroatoms. The number of nitrogens with one attached hydrogen (secondary N) is 1. The van der Waals surface area contributed by atoms with Crippen LogP contribution in [-0.2, 0) is 6.54 Å². The zero-order valence-electron chi connectivity index (χ0n) is 12.9. The number of benzene rings is 1. The van der Waals surface area contributed by atoms with Crippen LogP contribution in [0, 0.1) is 13.8 Å². The van der Waals surface area contributed by atoms with Crippen molar-refractivity contribution in [2.24, 2.45) is 0 Å². The second-order valence-electron chi connectivity index (χ2n) is 5.14. The van der Waals surface area contributed by atoms with Crippen molar-refractivity contribution >= 4 is 5.91 Å². The Hall–Kier alpha value is -3.02. The van der Waals surface area contributed by atoms with E-state index in [4.69, 9.17) is 4.52 Å². The van der Waals surface area contributed by atoms with E-state index in [2.05, 4.69) is 20.4 Å². The van der Waals surface area contributed by atoms with Gasteiger partial charge in [0.1, 0.15) is 17.7 Å². The van der Waals surface area contributed by atoms with E-state index in [-0.39, 0.29) is 5.91 Å². The van der Waals surface area contributed by atoms with Crippen LogP contribution in [0.5, 0.6) is 0 Å². The number of hydrogen-bond acceptors (Lipinski definition) is 5.